The summed E-state index contributed by atoms with van der Waals surface area (Å²) in [6.45, 7) is 6.81. The lowest BCUT2D eigenvalue weighted by Crippen LogP contribution is -2.43. The van der Waals surface area contributed by atoms with Crippen LogP contribution in [0.15, 0.2) is 57.5 Å². The van der Waals surface area contributed by atoms with Crippen LogP contribution in [0.25, 0.3) is 0 Å². The molecule has 0 saturated heterocycles. The third kappa shape index (κ3) is 22.8. The first-order chi connectivity index (χ1) is 19.4. The Bertz CT molecular complexity index is 1190. The van der Waals surface area contributed by atoms with E-state index in [1.54, 1.807) is 20.8 Å². The highest BCUT2D eigenvalue weighted by molar-refractivity contribution is 9.10. The Hall–Kier alpha value is -3.45. The van der Waals surface area contributed by atoms with Gasteiger partial charge in [-0.05, 0) is 69.5 Å². The molecule has 0 bridgehead atoms. The standard InChI is InChI=1S/C13H16BrNO2.C10H18N2O5.C6H6BrN.CH4/c1-9(5-6-13(15)17)12(16)8-10-3-2-4-11(14)7-10;1-10(2,3)17-9(16)12-6(8(14)15)4-5-7(11)13;7-5-2-1-3-6(8)4-5;/h2-4,7,9H,5-6,8H2,1H3,(H2,15,17);6H,4-5H2,1-3H3,(H2,11,13)(H,12,16)(H,14,15);1-4H,8H2;1H4/t;6-;;/m.0../s1. The van der Waals surface area contributed by atoms with Crippen molar-refractivity contribution < 1.29 is 33.8 Å². The number of carboxylic acids is 1. The molecule has 2 aromatic rings. The highest BCUT2D eigenvalue weighted by Crippen LogP contribution is 2.15. The summed E-state index contributed by atoms with van der Waals surface area (Å²) >= 11 is 6.65. The largest absolute Gasteiger partial charge is 0.480 e. The molecule has 0 aliphatic carbocycles. The number of nitrogen functional groups attached to an aromatic ring is 1. The Kier molecular flexibility index (Phi) is 20.6. The minimum atomic E-state index is -1.24. The number of benzene rings is 2. The molecule has 0 saturated carbocycles. The van der Waals surface area contributed by atoms with Crippen LogP contribution in [0.5, 0.6) is 0 Å². The first-order valence-electron chi connectivity index (χ1n) is 13.0. The van der Waals surface area contributed by atoms with Crippen molar-refractivity contribution >= 4 is 67.2 Å². The summed E-state index contributed by atoms with van der Waals surface area (Å²) in [6.07, 6.45) is 0.179. The average Bonchev–Trinajstić information content (AvgIpc) is 2.84. The molecule has 11 nitrogen and oxygen atoms in total. The lowest BCUT2D eigenvalue weighted by Gasteiger charge is -2.21. The first-order valence-corrected chi connectivity index (χ1v) is 14.5. The van der Waals surface area contributed by atoms with E-state index >= 15 is 0 Å². The van der Waals surface area contributed by atoms with Crippen LogP contribution in [0.2, 0.25) is 0 Å². The van der Waals surface area contributed by atoms with Crippen LogP contribution >= 0.6 is 31.9 Å². The highest BCUT2D eigenvalue weighted by Gasteiger charge is 2.24. The second kappa shape index (κ2) is 21.3. The van der Waals surface area contributed by atoms with Crippen molar-refractivity contribution in [3.8, 4) is 0 Å². The summed E-state index contributed by atoms with van der Waals surface area (Å²) in [4.78, 5) is 55.1. The number of nitrogens with one attached hydrogen (secondary N) is 1. The van der Waals surface area contributed by atoms with E-state index in [2.05, 4.69) is 37.2 Å². The number of aliphatic carboxylic acids is 1. The van der Waals surface area contributed by atoms with Crippen LogP contribution < -0.4 is 22.5 Å². The smallest absolute Gasteiger partial charge is 0.408 e. The zero-order chi connectivity index (χ0) is 32.5. The van der Waals surface area contributed by atoms with E-state index in [0.717, 1.165) is 20.2 Å². The van der Waals surface area contributed by atoms with Crippen molar-refractivity contribution in [2.45, 2.75) is 78.9 Å². The van der Waals surface area contributed by atoms with E-state index in [1.165, 1.54) is 0 Å². The lowest BCUT2D eigenvalue weighted by atomic mass is 9.95. The predicted octanol–water partition coefficient (Wildman–Crippen LogP) is 5.36. The predicted molar refractivity (Wildman–Crippen MR) is 175 cm³/mol. The van der Waals surface area contributed by atoms with E-state index in [-0.39, 0.29) is 44.3 Å². The minimum absolute atomic E-state index is 0. The summed E-state index contributed by atoms with van der Waals surface area (Å²) in [7, 11) is 0. The monoisotopic (exact) mass is 730 g/mol. The van der Waals surface area contributed by atoms with Crippen molar-refractivity contribution in [3.05, 3.63) is 63.0 Å². The van der Waals surface area contributed by atoms with Crippen LogP contribution in [0.3, 0.4) is 0 Å². The number of hydrogen-bond acceptors (Lipinski definition) is 7. The Balaban J connectivity index is 0. The number of primary amides is 2. The third-order valence-corrected chi connectivity index (χ3v) is 6.14. The van der Waals surface area contributed by atoms with Crippen LogP contribution in [0.1, 0.15) is 66.4 Å². The van der Waals surface area contributed by atoms with Crippen LogP contribution in [-0.2, 0) is 30.3 Å². The molecule has 43 heavy (non-hydrogen) atoms. The van der Waals surface area contributed by atoms with Gasteiger partial charge in [0.2, 0.25) is 11.8 Å². The number of carbonyl (C=O) groups is 5. The maximum absolute atomic E-state index is 11.9. The van der Waals surface area contributed by atoms with Gasteiger partial charge in [0.25, 0.3) is 0 Å². The Morgan fingerprint density at radius 3 is 1.84 bits per heavy atom. The number of hydrogen-bond donors (Lipinski definition) is 5. The summed E-state index contributed by atoms with van der Waals surface area (Å²) in [6, 6.07) is 14.0. The van der Waals surface area contributed by atoms with E-state index in [1.807, 2.05) is 55.5 Å². The molecule has 0 spiro atoms. The van der Waals surface area contributed by atoms with Gasteiger partial charge < -0.3 is 32.4 Å². The van der Waals surface area contributed by atoms with Crippen molar-refractivity contribution in [1.82, 2.24) is 5.32 Å². The number of carboxylic acid groups (broad SMARTS) is 1. The molecule has 240 valence electrons. The summed E-state index contributed by atoms with van der Waals surface area (Å²) in [5.41, 5.74) is 16.4. The van der Waals surface area contributed by atoms with E-state index in [9.17, 15) is 24.0 Å². The average molecular weight is 733 g/mol. The Labute approximate surface area is 270 Å². The maximum Gasteiger partial charge on any atom is 0.408 e. The maximum atomic E-state index is 11.9. The highest BCUT2D eigenvalue weighted by atomic mass is 79.9. The van der Waals surface area contributed by atoms with Crippen molar-refractivity contribution in [1.29, 1.82) is 0 Å². The fourth-order valence-corrected chi connectivity index (χ4v) is 3.91. The SMILES string of the molecule is C.CC(C)(C)OC(=O)N[C@@H](CCC(N)=O)C(=O)O.CC(CCC(N)=O)C(=O)Cc1cccc(Br)c1.Nc1cccc(Br)c1. The van der Waals surface area contributed by atoms with Gasteiger partial charge in [-0.2, -0.15) is 0 Å². The number of Topliss-reactive ketones (excluding diaryl/α,β-unsaturated/α-hetero) is 1. The summed E-state index contributed by atoms with van der Waals surface area (Å²) in [5, 5.41) is 11.0. The third-order valence-electron chi connectivity index (χ3n) is 5.16. The minimum Gasteiger partial charge on any atom is -0.480 e. The molecule has 13 heteroatoms. The fourth-order valence-electron chi connectivity index (χ4n) is 3.04. The molecule has 0 fully saturated rings. The number of halogens is 2. The molecule has 3 amide bonds. The molecule has 0 heterocycles. The van der Waals surface area contributed by atoms with Gasteiger partial charge in [0.15, 0.2) is 0 Å². The van der Waals surface area contributed by atoms with Crippen molar-refractivity contribution in [2.24, 2.45) is 17.4 Å². The number of alkyl carbamates (subject to hydrolysis) is 1. The molecule has 2 atom stereocenters. The van der Waals surface area contributed by atoms with Gasteiger partial charge in [-0.1, -0.05) is 64.4 Å². The van der Waals surface area contributed by atoms with Gasteiger partial charge >= 0.3 is 12.1 Å². The number of nitrogens with two attached hydrogens (primary N) is 3. The summed E-state index contributed by atoms with van der Waals surface area (Å²) in [5.74, 6) is -2.20. The van der Waals surface area contributed by atoms with Crippen molar-refractivity contribution in [2.75, 3.05) is 5.73 Å². The number of amides is 3. The van der Waals surface area contributed by atoms with Gasteiger partial charge in [0.1, 0.15) is 17.4 Å². The first kappa shape index (κ1) is 41.7. The fraction of sp³-hybridized carbons (Fsp3) is 0.433. The number of carbonyl (C=O) groups excluding carboxylic acids is 4. The van der Waals surface area contributed by atoms with Crippen LogP contribution in [0.4, 0.5) is 10.5 Å². The van der Waals surface area contributed by atoms with E-state index < -0.39 is 29.6 Å². The van der Waals surface area contributed by atoms with E-state index in [0.29, 0.717) is 12.8 Å². The van der Waals surface area contributed by atoms with Gasteiger partial charge in [-0.15, -0.1) is 0 Å². The molecule has 2 rings (SSSR count). The van der Waals surface area contributed by atoms with E-state index in [4.69, 9.17) is 27.0 Å². The number of ether oxygens (including phenoxy) is 1. The Morgan fingerprint density at radius 1 is 0.907 bits per heavy atom. The quantitative estimate of drug-likeness (QED) is 0.190. The molecule has 1 unspecified atom stereocenters. The molecule has 0 aromatic heterocycles. The molecule has 2 aromatic carbocycles. The lowest BCUT2D eigenvalue weighted by molar-refractivity contribution is -0.139. The zero-order valence-corrected chi connectivity index (χ0v) is 27.4. The second-order valence-electron chi connectivity index (χ2n) is 10.3. The van der Waals surface area contributed by atoms with Gasteiger partial charge in [-0.25, -0.2) is 9.59 Å². The van der Waals surface area contributed by atoms with Gasteiger partial charge in [0.05, 0.1) is 0 Å². The number of ketones is 1. The van der Waals surface area contributed by atoms with Crippen LogP contribution in [0, 0.1) is 5.92 Å². The molecule has 8 N–H and O–H groups in total. The molecular formula is C30H44Br2N4O7. The molecular weight excluding hydrogens is 688 g/mol. The topological polar surface area (TPSA) is 205 Å². The summed E-state index contributed by atoms with van der Waals surface area (Å²) < 4.78 is 6.89. The molecule has 0 aliphatic rings. The zero-order valence-electron chi connectivity index (χ0n) is 24.2. The normalized spacial score (nSPS) is 11.5. The van der Waals surface area contributed by atoms with Crippen molar-refractivity contribution in [3.63, 3.8) is 0 Å². The molecule has 0 radical (unpaired) electrons. The van der Waals surface area contributed by atoms with Gasteiger partial charge in [0, 0.05) is 39.8 Å². The number of rotatable bonds is 11. The second-order valence-corrected chi connectivity index (χ2v) is 12.1. The molecule has 0 aliphatic heterocycles. The van der Waals surface area contributed by atoms with Gasteiger partial charge in [-0.3, -0.25) is 14.4 Å². The number of anilines is 1. The Morgan fingerprint density at radius 2 is 1.42 bits per heavy atom. The van der Waals surface area contributed by atoms with Crippen LogP contribution in [-0.4, -0.2) is 46.4 Å².